The van der Waals surface area contributed by atoms with E-state index in [-0.39, 0.29) is 11.8 Å². The third-order valence-electron chi connectivity index (χ3n) is 6.86. The highest BCUT2D eigenvalue weighted by Crippen LogP contribution is 2.42. The van der Waals surface area contributed by atoms with Crippen molar-refractivity contribution in [1.82, 2.24) is 10.2 Å². The van der Waals surface area contributed by atoms with E-state index < -0.39 is 0 Å². The van der Waals surface area contributed by atoms with Crippen molar-refractivity contribution < 1.29 is 9.59 Å². The molecular formula is C31H33N3O2S. The molecule has 5 nitrogen and oxygen atoms in total. The zero-order chi connectivity index (χ0) is 25.6. The lowest BCUT2D eigenvalue weighted by molar-refractivity contribution is -0.114. The molecule has 0 saturated carbocycles. The van der Waals surface area contributed by atoms with Gasteiger partial charge in [-0.25, -0.2) is 0 Å². The predicted molar refractivity (Wildman–Crippen MR) is 152 cm³/mol. The van der Waals surface area contributed by atoms with E-state index in [4.69, 9.17) is 0 Å². The number of aryl methyl sites for hydroxylation is 1. The summed E-state index contributed by atoms with van der Waals surface area (Å²) in [5, 5.41) is 3.03. The highest BCUT2D eigenvalue weighted by atomic mass is 32.2. The minimum atomic E-state index is -0.0537. The molecule has 0 radical (unpaired) electrons. The van der Waals surface area contributed by atoms with E-state index in [1.54, 1.807) is 0 Å². The number of fused-ring (bicyclic) bond motifs is 1. The summed E-state index contributed by atoms with van der Waals surface area (Å²) in [6, 6.07) is 23.8. The summed E-state index contributed by atoms with van der Waals surface area (Å²) in [6.07, 6.45) is 5.46. The van der Waals surface area contributed by atoms with Crippen molar-refractivity contribution >= 4 is 35.3 Å². The van der Waals surface area contributed by atoms with Gasteiger partial charge >= 0.3 is 0 Å². The van der Waals surface area contributed by atoms with Gasteiger partial charge in [0.05, 0.1) is 17.1 Å². The van der Waals surface area contributed by atoms with Crippen LogP contribution in [-0.4, -0.2) is 42.9 Å². The molecule has 190 valence electrons. The Morgan fingerprint density at radius 3 is 2.57 bits per heavy atom. The van der Waals surface area contributed by atoms with E-state index in [9.17, 15) is 9.59 Å². The summed E-state index contributed by atoms with van der Waals surface area (Å²) in [5.74, 6) is -0.0629. The third-order valence-corrected chi connectivity index (χ3v) is 7.94. The zero-order valence-corrected chi connectivity index (χ0v) is 22.1. The van der Waals surface area contributed by atoms with E-state index in [1.165, 1.54) is 43.3 Å². The Balaban J connectivity index is 1.26. The fourth-order valence-electron chi connectivity index (χ4n) is 4.91. The first-order chi connectivity index (χ1) is 18.1. The second-order valence-corrected chi connectivity index (χ2v) is 10.8. The van der Waals surface area contributed by atoms with Crippen LogP contribution in [0.4, 0.5) is 5.69 Å². The number of hydrogen-bond donors (Lipinski definition) is 1. The van der Waals surface area contributed by atoms with Gasteiger partial charge in [0, 0.05) is 17.0 Å². The van der Waals surface area contributed by atoms with Crippen LogP contribution in [0.15, 0.2) is 82.6 Å². The van der Waals surface area contributed by atoms with E-state index in [0.29, 0.717) is 23.6 Å². The molecule has 5 rings (SSSR count). The van der Waals surface area contributed by atoms with Crippen LogP contribution in [0.1, 0.15) is 46.3 Å². The maximum atomic E-state index is 13.6. The number of rotatable bonds is 8. The maximum absolute atomic E-state index is 13.6. The van der Waals surface area contributed by atoms with Crippen LogP contribution in [0, 0.1) is 6.92 Å². The SMILES string of the molecule is Cc1cccc(CN2C(=O)/C(=C/c3ccc(C(=O)NCCCN4CCCC4)cc3)Sc3ccccc32)c1. The second kappa shape index (κ2) is 11.8. The lowest BCUT2D eigenvalue weighted by Gasteiger charge is -2.30. The zero-order valence-electron chi connectivity index (χ0n) is 21.3. The van der Waals surface area contributed by atoms with Gasteiger partial charge in [-0.1, -0.05) is 65.9 Å². The lowest BCUT2D eigenvalue weighted by Crippen LogP contribution is -2.33. The van der Waals surface area contributed by atoms with E-state index in [2.05, 4.69) is 41.4 Å². The van der Waals surface area contributed by atoms with Gasteiger partial charge in [0.25, 0.3) is 11.8 Å². The fourth-order valence-corrected chi connectivity index (χ4v) is 5.97. The molecule has 3 aromatic rings. The van der Waals surface area contributed by atoms with Crippen LogP contribution in [0.2, 0.25) is 0 Å². The standard InChI is InChI=1S/C31H33N3O2S/c1-23-8-6-9-25(20-23)22-34-27-10-2-3-11-28(27)37-29(31(34)36)21-24-12-14-26(15-13-24)30(35)32-16-7-19-33-17-4-5-18-33/h2-3,6,8-15,20-21H,4-5,7,16-19,22H2,1H3,(H,32,35)/b29-21-. The lowest BCUT2D eigenvalue weighted by atomic mass is 10.1. The van der Waals surface area contributed by atoms with Gasteiger partial charge in [-0.3, -0.25) is 9.59 Å². The molecule has 0 atom stereocenters. The molecule has 2 aliphatic heterocycles. The number of likely N-dealkylation sites (tertiary alicyclic amines) is 1. The first-order valence-corrected chi connectivity index (χ1v) is 13.8. The Morgan fingerprint density at radius 2 is 1.78 bits per heavy atom. The first-order valence-electron chi connectivity index (χ1n) is 13.0. The van der Waals surface area contributed by atoms with Crippen LogP contribution in [0.3, 0.4) is 0 Å². The van der Waals surface area contributed by atoms with Crippen LogP contribution in [0.5, 0.6) is 0 Å². The minimum absolute atomic E-state index is 0.00923. The summed E-state index contributed by atoms with van der Waals surface area (Å²) >= 11 is 1.50. The van der Waals surface area contributed by atoms with Crippen molar-refractivity contribution in [3.63, 3.8) is 0 Å². The summed E-state index contributed by atoms with van der Waals surface area (Å²) in [7, 11) is 0. The number of benzene rings is 3. The molecule has 2 amide bonds. The van der Waals surface area contributed by atoms with Crippen molar-refractivity contribution in [1.29, 1.82) is 0 Å². The van der Waals surface area contributed by atoms with E-state index in [0.717, 1.165) is 34.7 Å². The molecule has 0 aliphatic carbocycles. The number of carbonyl (C=O) groups is 2. The molecular weight excluding hydrogens is 478 g/mol. The number of nitrogens with zero attached hydrogens (tertiary/aromatic N) is 2. The van der Waals surface area contributed by atoms with Gasteiger partial charge in [-0.15, -0.1) is 0 Å². The van der Waals surface area contributed by atoms with Crippen molar-refractivity contribution in [2.45, 2.75) is 37.6 Å². The normalized spacial score (nSPS) is 16.7. The van der Waals surface area contributed by atoms with Crippen molar-refractivity contribution in [2.75, 3.05) is 31.1 Å². The van der Waals surface area contributed by atoms with Gasteiger partial charge in [-0.2, -0.15) is 0 Å². The predicted octanol–water partition coefficient (Wildman–Crippen LogP) is 5.89. The molecule has 0 bridgehead atoms. The van der Waals surface area contributed by atoms with Gasteiger partial charge in [0.15, 0.2) is 0 Å². The molecule has 1 fully saturated rings. The Labute approximate surface area is 223 Å². The summed E-state index contributed by atoms with van der Waals surface area (Å²) < 4.78 is 0. The van der Waals surface area contributed by atoms with Crippen LogP contribution < -0.4 is 10.2 Å². The molecule has 2 aliphatic rings. The highest BCUT2D eigenvalue weighted by Gasteiger charge is 2.29. The molecule has 3 aromatic carbocycles. The third kappa shape index (κ3) is 6.32. The number of amides is 2. The van der Waals surface area contributed by atoms with Crippen LogP contribution >= 0.6 is 11.8 Å². The summed E-state index contributed by atoms with van der Waals surface area (Å²) in [5.41, 5.74) is 4.75. The topological polar surface area (TPSA) is 52.7 Å². The minimum Gasteiger partial charge on any atom is -0.352 e. The smallest absolute Gasteiger partial charge is 0.265 e. The van der Waals surface area contributed by atoms with Crippen LogP contribution in [-0.2, 0) is 11.3 Å². The molecule has 6 heteroatoms. The Hall–Kier alpha value is -3.35. The van der Waals surface area contributed by atoms with E-state index in [1.807, 2.05) is 59.5 Å². The monoisotopic (exact) mass is 511 g/mol. The Morgan fingerprint density at radius 1 is 1.00 bits per heavy atom. The van der Waals surface area contributed by atoms with Gasteiger partial charge in [0.2, 0.25) is 0 Å². The molecule has 0 unspecified atom stereocenters. The number of anilines is 1. The highest BCUT2D eigenvalue weighted by molar-refractivity contribution is 8.04. The average Bonchev–Trinajstić information content (AvgIpc) is 3.43. The molecule has 2 heterocycles. The molecule has 1 N–H and O–H groups in total. The number of para-hydroxylation sites is 1. The average molecular weight is 512 g/mol. The number of nitrogens with one attached hydrogen (secondary N) is 1. The van der Waals surface area contributed by atoms with Gasteiger partial charge in [-0.05, 0) is 87.3 Å². The summed E-state index contributed by atoms with van der Waals surface area (Å²) in [4.78, 5) is 32.2. The summed E-state index contributed by atoms with van der Waals surface area (Å²) in [6.45, 7) is 6.68. The van der Waals surface area contributed by atoms with Gasteiger partial charge in [0.1, 0.15) is 0 Å². The van der Waals surface area contributed by atoms with Crippen molar-refractivity contribution in [3.05, 3.63) is 100.0 Å². The number of carbonyl (C=O) groups excluding carboxylic acids is 2. The Kier molecular flexibility index (Phi) is 8.07. The molecule has 0 aromatic heterocycles. The second-order valence-electron chi connectivity index (χ2n) is 9.74. The molecule has 37 heavy (non-hydrogen) atoms. The maximum Gasteiger partial charge on any atom is 0.265 e. The quantitative estimate of drug-likeness (QED) is 0.303. The van der Waals surface area contributed by atoms with Crippen molar-refractivity contribution in [3.8, 4) is 0 Å². The Bertz CT molecular complexity index is 1300. The number of thioether (sulfide) groups is 1. The van der Waals surface area contributed by atoms with E-state index >= 15 is 0 Å². The largest absolute Gasteiger partial charge is 0.352 e. The van der Waals surface area contributed by atoms with Crippen LogP contribution in [0.25, 0.3) is 6.08 Å². The first kappa shape index (κ1) is 25.3. The molecule has 0 spiro atoms. The molecule has 1 saturated heterocycles. The fraction of sp³-hybridized carbons (Fsp3) is 0.290. The van der Waals surface area contributed by atoms with Crippen molar-refractivity contribution in [2.24, 2.45) is 0 Å². The number of hydrogen-bond acceptors (Lipinski definition) is 4. The van der Waals surface area contributed by atoms with Gasteiger partial charge < -0.3 is 15.1 Å².